The van der Waals surface area contributed by atoms with E-state index in [9.17, 15) is 14.0 Å². The number of para-hydroxylation sites is 1. The van der Waals surface area contributed by atoms with Gasteiger partial charge in [0.2, 0.25) is 5.91 Å². The molecule has 3 nitrogen and oxygen atoms in total. The number of carbonyl (C=O) groups is 2. The first-order valence-corrected chi connectivity index (χ1v) is 9.67. The summed E-state index contributed by atoms with van der Waals surface area (Å²) >= 11 is 1.56. The van der Waals surface area contributed by atoms with Crippen LogP contribution in [-0.2, 0) is 9.59 Å². The van der Waals surface area contributed by atoms with Gasteiger partial charge in [0.05, 0.1) is 5.69 Å². The molecule has 5 heteroatoms. The van der Waals surface area contributed by atoms with Gasteiger partial charge in [0.25, 0.3) is 0 Å². The largest absolute Gasteiger partial charge is 0.294 e. The lowest BCUT2D eigenvalue weighted by molar-refractivity contribution is -0.121. The second-order valence-electron chi connectivity index (χ2n) is 7.80. The molecule has 0 radical (unpaired) electrons. The predicted molar refractivity (Wildman–Crippen MR) is 101 cm³/mol. The quantitative estimate of drug-likeness (QED) is 0.743. The number of halogens is 1. The Morgan fingerprint density at radius 1 is 1.15 bits per heavy atom. The maximum absolute atomic E-state index is 14.5. The van der Waals surface area contributed by atoms with Crippen LogP contribution in [0.4, 0.5) is 10.1 Å². The van der Waals surface area contributed by atoms with Crippen LogP contribution >= 0.6 is 11.3 Å². The average Bonchev–Trinajstić information content (AvgIpc) is 3.08. The van der Waals surface area contributed by atoms with Crippen molar-refractivity contribution in [3.05, 3.63) is 63.7 Å². The van der Waals surface area contributed by atoms with Crippen LogP contribution in [0.2, 0.25) is 0 Å². The monoisotopic (exact) mass is 369 g/mol. The predicted octanol–water partition coefficient (Wildman–Crippen LogP) is 5.05. The summed E-state index contributed by atoms with van der Waals surface area (Å²) in [7, 11) is 0. The van der Waals surface area contributed by atoms with Gasteiger partial charge in [-0.05, 0) is 46.4 Å². The highest BCUT2D eigenvalue weighted by Crippen LogP contribution is 2.48. The zero-order chi connectivity index (χ0) is 18.5. The number of thiophene rings is 1. The number of rotatable bonds is 2. The van der Waals surface area contributed by atoms with Gasteiger partial charge < -0.3 is 0 Å². The van der Waals surface area contributed by atoms with Crippen LogP contribution in [0.25, 0.3) is 0 Å². The van der Waals surface area contributed by atoms with E-state index in [0.717, 1.165) is 5.56 Å². The van der Waals surface area contributed by atoms with Gasteiger partial charge in [0, 0.05) is 30.0 Å². The Morgan fingerprint density at radius 2 is 1.92 bits per heavy atom. The van der Waals surface area contributed by atoms with E-state index in [1.165, 1.54) is 11.0 Å². The highest BCUT2D eigenvalue weighted by atomic mass is 32.1. The summed E-state index contributed by atoms with van der Waals surface area (Å²) in [5.41, 5.74) is 2.33. The van der Waals surface area contributed by atoms with Crippen molar-refractivity contribution >= 4 is 28.7 Å². The van der Waals surface area contributed by atoms with E-state index in [1.54, 1.807) is 29.5 Å². The Bertz CT molecular complexity index is 914. The standard InChI is InChI=1S/C21H20FNO2S/c1-21(2)10-17-20(18(24)11-21)14(13-7-8-26-12-13)9-19(25)23(17)16-6-4-3-5-15(16)22/h3-8,12,14H,9-11H2,1-2H3/t14-/m0/s1. The average molecular weight is 369 g/mol. The summed E-state index contributed by atoms with van der Waals surface area (Å²) in [5.74, 6) is -0.760. The SMILES string of the molecule is CC1(C)CC(=O)C2=C(C1)N(c1ccccc1F)C(=O)C[C@H]2c1ccsc1. The summed E-state index contributed by atoms with van der Waals surface area (Å²) in [6.45, 7) is 4.04. The fourth-order valence-electron chi connectivity index (χ4n) is 4.09. The second-order valence-corrected chi connectivity index (χ2v) is 8.58. The summed E-state index contributed by atoms with van der Waals surface area (Å²) in [6, 6.07) is 8.25. The molecular formula is C21H20FNO2S. The van der Waals surface area contributed by atoms with Crippen molar-refractivity contribution in [1.82, 2.24) is 0 Å². The van der Waals surface area contributed by atoms with E-state index in [0.29, 0.717) is 24.1 Å². The molecule has 1 aliphatic carbocycles. The van der Waals surface area contributed by atoms with Gasteiger partial charge in [-0.2, -0.15) is 11.3 Å². The second kappa shape index (κ2) is 6.16. The van der Waals surface area contributed by atoms with Gasteiger partial charge >= 0.3 is 0 Å². The lowest BCUT2D eigenvalue weighted by Crippen LogP contribution is -2.44. The van der Waals surface area contributed by atoms with Crippen LogP contribution in [0, 0.1) is 11.2 Å². The Labute approximate surface area is 156 Å². The maximum Gasteiger partial charge on any atom is 0.232 e. The summed E-state index contributed by atoms with van der Waals surface area (Å²) in [4.78, 5) is 27.5. The molecule has 0 N–H and O–H groups in total. The molecule has 0 saturated carbocycles. The zero-order valence-electron chi connectivity index (χ0n) is 14.8. The number of ketones is 1. The Hall–Kier alpha value is -2.27. The number of anilines is 1. The van der Waals surface area contributed by atoms with Gasteiger partial charge in [0.1, 0.15) is 5.82 Å². The molecule has 1 aromatic carbocycles. The first-order valence-electron chi connectivity index (χ1n) is 8.73. The first kappa shape index (κ1) is 17.2. The number of hydrogen-bond acceptors (Lipinski definition) is 3. The van der Waals surface area contributed by atoms with Crippen molar-refractivity contribution in [2.75, 3.05) is 4.90 Å². The third-order valence-electron chi connectivity index (χ3n) is 5.18. The van der Waals surface area contributed by atoms with Crippen molar-refractivity contribution in [2.45, 2.75) is 39.0 Å². The van der Waals surface area contributed by atoms with Crippen LogP contribution < -0.4 is 4.90 Å². The van der Waals surface area contributed by atoms with Gasteiger partial charge in [0.15, 0.2) is 5.78 Å². The highest BCUT2D eigenvalue weighted by Gasteiger charge is 2.44. The minimum Gasteiger partial charge on any atom is -0.294 e. The smallest absolute Gasteiger partial charge is 0.232 e. The molecule has 134 valence electrons. The van der Waals surface area contributed by atoms with Crippen LogP contribution in [0.5, 0.6) is 0 Å². The minimum atomic E-state index is -0.447. The molecule has 0 spiro atoms. The van der Waals surface area contributed by atoms with Crippen LogP contribution in [-0.4, -0.2) is 11.7 Å². The van der Waals surface area contributed by atoms with E-state index >= 15 is 0 Å². The Morgan fingerprint density at radius 3 is 2.62 bits per heavy atom. The Kier molecular flexibility index (Phi) is 4.07. The molecule has 2 aromatic rings. The van der Waals surface area contributed by atoms with Gasteiger partial charge in [-0.3, -0.25) is 14.5 Å². The number of Topliss-reactive ketones (excluding diaryl/α,β-unsaturated/α-hetero) is 1. The molecule has 26 heavy (non-hydrogen) atoms. The van der Waals surface area contributed by atoms with E-state index in [-0.39, 0.29) is 35.1 Å². The molecule has 0 bridgehead atoms. The summed E-state index contributed by atoms with van der Waals surface area (Å²) in [5, 5.41) is 3.95. The minimum absolute atomic E-state index is 0.0706. The van der Waals surface area contributed by atoms with Crippen molar-refractivity contribution in [2.24, 2.45) is 5.41 Å². The molecule has 0 unspecified atom stereocenters. The van der Waals surface area contributed by atoms with Gasteiger partial charge in [-0.25, -0.2) is 4.39 Å². The normalized spacial score (nSPS) is 22.6. The Balaban J connectivity index is 1.92. The van der Waals surface area contributed by atoms with Gasteiger partial charge in [-0.15, -0.1) is 0 Å². The number of nitrogens with zero attached hydrogens (tertiary/aromatic N) is 1. The van der Waals surface area contributed by atoms with Gasteiger partial charge in [-0.1, -0.05) is 26.0 Å². The molecule has 1 aromatic heterocycles. The lowest BCUT2D eigenvalue weighted by atomic mass is 9.69. The molecule has 1 atom stereocenters. The third kappa shape index (κ3) is 2.80. The maximum atomic E-state index is 14.5. The number of benzene rings is 1. The molecule has 2 aliphatic rings. The van der Waals surface area contributed by atoms with E-state index in [2.05, 4.69) is 0 Å². The molecular weight excluding hydrogens is 349 g/mol. The van der Waals surface area contributed by atoms with Crippen LogP contribution in [0.1, 0.15) is 44.6 Å². The molecule has 1 amide bonds. The van der Waals surface area contributed by atoms with Crippen molar-refractivity contribution in [3.8, 4) is 0 Å². The number of hydrogen-bond donors (Lipinski definition) is 0. The fourth-order valence-corrected chi connectivity index (χ4v) is 4.80. The molecule has 2 heterocycles. The summed E-state index contributed by atoms with van der Waals surface area (Å²) in [6.07, 6.45) is 1.22. The topological polar surface area (TPSA) is 37.4 Å². The van der Waals surface area contributed by atoms with Crippen molar-refractivity contribution in [3.63, 3.8) is 0 Å². The van der Waals surface area contributed by atoms with E-state index < -0.39 is 5.82 Å². The molecule has 0 fully saturated rings. The summed E-state index contributed by atoms with van der Waals surface area (Å²) < 4.78 is 14.5. The van der Waals surface area contributed by atoms with E-state index in [4.69, 9.17) is 0 Å². The first-order chi connectivity index (χ1) is 12.4. The number of allylic oxidation sites excluding steroid dienone is 2. The fraction of sp³-hybridized carbons (Fsp3) is 0.333. The third-order valence-corrected chi connectivity index (χ3v) is 5.88. The zero-order valence-corrected chi connectivity index (χ0v) is 15.6. The van der Waals surface area contributed by atoms with Crippen LogP contribution in [0.3, 0.4) is 0 Å². The number of amides is 1. The molecule has 4 rings (SSSR count). The van der Waals surface area contributed by atoms with E-state index in [1.807, 2.05) is 30.7 Å². The molecule has 0 saturated heterocycles. The highest BCUT2D eigenvalue weighted by molar-refractivity contribution is 7.08. The van der Waals surface area contributed by atoms with Crippen molar-refractivity contribution in [1.29, 1.82) is 0 Å². The van der Waals surface area contributed by atoms with Crippen molar-refractivity contribution < 1.29 is 14.0 Å². The number of carbonyl (C=O) groups excluding carboxylic acids is 2. The van der Waals surface area contributed by atoms with Crippen LogP contribution in [0.15, 0.2) is 52.4 Å². The molecule has 1 aliphatic heterocycles. The lowest BCUT2D eigenvalue weighted by Gasteiger charge is -2.42.